The number of likely N-dealkylation sites (tertiary alicyclic amines) is 1. The van der Waals surface area contributed by atoms with E-state index in [0.29, 0.717) is 29.8 Å². The molecule has 1 N–H and O–H groups in total. The number of aromatic nitrogens is 2. The van der Waals surface area contributed by atoms with Gasteiger partial charge in [-0.1, -0.05) is 0 Å². The van der Waals surface area contributed by atoms with E-state index in [1.165, 1.54) is 29.2 Å². The number of benzene rings is 2. The number of aliphatic hydroxyl groups excluding tert-OH is 1. The molecule has 4 rings (SSSR count). The maximum Gasteiger partial charge on any atom is 0.295 e. The minimum absolute atomic E-state index is 0.0285. The highest BCUT2D eigenvalue weighted by Crippen LogP contribution is 2.40. The van der Waals surface area contributed by atoms with E-state index in [9.17, 15) is 24.8 Å². The van der Waals surface area contributed by atoms with Gasteiger partial charge in [0.1, 0.15) is 11.5 Å². The lowest BCUT2D eigenvalue weighted by Crippen LogP contribution is -2.31. The lowest BCUT2D eigenvalue weighted by Gasteiger charge is -2.25. The van der Waals surface area contributed by atoms with Crippen molar-refractivity contribution in [2.45, 2.75) is 39.0 Å². The van der Waals surface area contributed by atoms with Crippen molar-refractivity contribution in [3.8, 4) is 5.75 Å². The number of non-ortho nitro benzene ring substituents is 1. The summed E-state index contributed by atoms with van der Waals surface area (Å²) in [4.78, 5) is 42.2. The Morgan fingerprint density at radius 1 is 1.11 bits per heavy atom. The third-order valence-electron chi connectivity index (χ3n) is 5.83. The molecule has 186 valence electrons. The van der Waals surface area contributed by atoms with Gasteiger partial charge in [0, 0.05) is 43.2 Å². The predicted molar refractivity (Wildman–Crippen MR) is 131 cm³/mol. The molecule has 36 heavy (non-hydrogen) atoms. The normalized spacial score (nSPS) is 17.1. The second-order valence-corrected chi connectivity index (χ2v) is 8.69. The Morgan fingerprint density at radius 2 is 1.81 bits per heavy atom. The molecule has 1 unspecified atom stereocenters. The first kappa shape index (κ1) is 24.6. The van der Waals surface area contributed by atoms with E-state index in [1.807, 2.05) is 18.4 Å². The summed E-state index contributed by atoms with van der Waals surface area (Å²) >= 11 is 0. The van der Waals surface area contributed by atoms with Crippen LogP contribution in [0.5, 0.6) is 5.75 Å². The minimum atomic E-state index is -0.889. The highest BCUT2D eigenvalue weighted by molar-refractivity contribution is 6.46. The second kappa shape index (κ2) is 10.4. The van der Waals surface area contributed by atoms with E-state index in [2.05, 4.69) is 4.98 Å². The summed E-state index contributed by atoms with van der Waals surface area (Å²) in [7, 11) is 0. The molecule has 1 fully saturated rings. The SMILES string of the molecule is CC(C)Oc1ccc(/C(O)=C2\C(=O)C(=O)N(CCCn3ccnc3)C2c2ccc([N+](=O)[O-])cc2)cc1. The molecule has 1 aliphatic heterocycles. The largest absolute Gasteiger partial charge is 0.507 e. The molecule has 0 radical (unpaired) electrons. The first-order valence-electron chi connectivity index (χ1n) is 11.5. The maximum atomic E-state index is 13.1. The van der Waals surface area contributed by atoms with Gasteiger partial charge in [0.2, 0.25) is 0 Å². The summed E-state index contributed by atoms with van der Waals surface area (Å²) in [5.74, 6) is -1.25. The molecule has 1 atom stereocenters. The van der Waals surface area contributed by atoms with Crippen molar-refractivity contribution in [2.75, 3.05) is 6.54 Å². The van der Waals surface area contributed by atoms with Crippen molar-refractivity contribution in [1.82, 2.24) is 14.5 Å². The van der Waals surface area contributed by atoms with Crippen molar-refractivity contribution in [1.29, 1.82) is 0 Å². The number of hydrogen-bond donors (Lipinski definition) is 1. The predicted octanol–water partition coefficient (Wildman–Crippen LogP) is 4.09. The van der Waals surface area contributed by atoms with Crippen molar-refractivity contribution in [3.63, 3.8) is 0 Å². The van der Waals surface area contributed by atoms with Gasteiger partial charge < -0.3 is 19.3 Å². The molecule has 3 aromatic rings. The third-order valence-corrected chi connectivity index (χ3v) is 5.83. The Bertz CT molecular complexity index is 1280. The fourth-order valence-electron chi connectivity index (χ4n) is 4.20. The summed E-state index contributed by atoms with van der Waals surface area (Å²) in [6.07, 6.45) is 5.62. The van der Waals surface area contributed by atoms with E-state index >= 15 is 0 Å². The van der Waals surface area contributed by atoms with Crippen LogP contribution in [0, 0.1) is 10.1 Å². The molecular weight excluding hydrogens is 464 g/mol. The first-order chi connectivity index (χ1) is 17.3. The zero-order valence-corrected chi connectivity index (χ0v) is 19.9. The van der Waals surface area contributed by atoms with Gasteiger partial charge in [-0.3, -0.25) is 19.7 Å². The summed E-state index contributed by atoms with van der Waals surface area (Å²) < 4.78 is 7.50. The average molecular weight is 491 g/mol. The number of rotatable bonds is 9. The number of nitro groups is 1. The summed E-state index contributed by atoms with van der Waals surface area (Å²) in [6.45, 7) is 4.61. The Kier molecular flexibility index (Phi) is 7.14. The van der Waals surface area contributed by atoms with Gasteiger partial charge in [-0.05, 0) is 62.2 Å². The Hall–Kier alpha value is -4.47. The summed E-state index contributed by atoms with van der Waals surface area (Å²) in [5.41, 5.74) is 0.670. The first-order valence-corrected chi connectivity index (χ1v) is 11.5. The minimum Gasteiger partial charge on any atom is -0.507 e. The van der Waals surface area contributed by atoms with Gasteiger partial charge in [-0.15, -0.1) is 0 Å². The number of ketones is 1. The molecule has 2 heterocycles. The number of amides is 1. The molecule has 10 nitrogen and oxygen atoms in total. The number of Topliss-reactive ketones (excluding diaryl/α,β-unsaturated/α-hetero) is 1. The summed E-state index contributed by atoms with van der Waals surface area (Å²) in [6, 6.07) is 11.3. The van der Waals surface area contributed by atoms with Crippen LogP contribution in [0.3, 0.4) is 0 Å². The monoisotopic (exact) mass is 490 g/mol. The van der Waals surface area contributed by atoms with Gasteiger partial charge >= 0.3 is 0 Å². The van der Waals surface area contributed by atoms with Crippen LogP contribution in [0.25, 0.3) is 5.76 Å². The standard InChI is InChI=1S/C26H26N4O6/c1-17(2)36-21-10-6-19(7-11-21)24(31)22-23(18-4-8-20(9-5-18)30(34)35)29(26(33)25(22)32)14-3-13-28-15-12-27-16-28/h4-12,15-17,23,31H,3,13-14H2,1-2H3/b24-22+. The van der Waals surface area contributed by atoms with Gasteiger partial charge in [0.15, 0.2) is 0 Å². The number of nitrogens with zero attached hydrogens (tertiary/aromatic N) is 4. The van der Waals surface area contributed by atoms with Crippen molar-refractivity contribution in [2.24, 2.45) is 0 Å². The van der Waals surface area contributed by atoms with Crippen molar-refractivity contribution >= 4 is 23.1 Å². The van der Waals surface area contributed by atoms with Gasteiger partial charge in [-0.25, -0.2) is 4.98 Å². The van der Waals surface area contributed by atoms with E-state index in [0.717, 1.165) is 0 Å². The molecule has 0 bridgehead atoms. The van der Waals surface area contributed by atoms with Crippen molar-refractivity contribution in [3.05, 3.63) is 94.1 Å². The number of nitro benzene ring substituents is 1. The van der Waals surface area contributed by atoms with Crippen LogP contribution in [0.4, 0.5) is 5.69 Å². The Labute approximate surface area is 207 Å². The van der Waals surface area contributed by atoms with Crippen LogP contribution in [0.2, 0.25) is 0 Å². The van der Waals surface area contributed by atoms with E-state index in [1.54, 1.807) is 43.0 Å². The topological polar surface area (TPSA) is 128 Å². The Morgan fingerprint density at radius 3 is 2.39 bits per heavy atom. The number of carbonyl (C=O) groups excluding carboxylic acids is 2. The lowest BCUT2D eigenvalue weighted by molar-refractivity contribution is -0.384. The average Bonchev–Trinajstić information content (AvgIpc) is 3.46. The number of aliphatic hydroxyl groups is 1. The third kappa shape index (κ3) is 5.12. The number of aryl methyl sites for hydroxylation is 1. The van der Waals surface area contributed by atoms with Gasteiger partial charge in [-0.2, -0.15) is 0 Å². The van der Waals surface area contributed by atoms with E-state index in [-0.39, 0.29) is 29.7 Å². The fourth-order valence-corrected chi connectivity index (χ4v) is 4.20. The maximum absolute atomic E-state index is 13.1. The van der Waals surface area contributed by atoms with Crippen LogP contribution in [0.1, 0.15) is 37.4 Å². The van der Waals surface area contributed by atoms with Crippen molar-refractivity contribution < 1.29 is 24.4 Å². The van der Waals surface area contributed by atoms with E-state index in [4.69, 9.17) is 4.74 Å². The van der Waals surface area contributed by atoms with Crippen LogP contribution in [-0.2, 0) is 16.1 Å². The van der Waals surface area contributed by atoms with Crippen LogP contribution >= 0.6 is 0 Å². The Balaban J connectivity index is 1.71. The second-order valence-electron chi connectivity index (χ2n) is 8.69. The lowest BCUT2D eigenvalue weighted by atomic mass is 9.95. The molecule has 2 aromatic carbocycles. The number of carbonyl (C=O) groups is 2. The highest BCUT2D eigenvalue weighted by Gasteiger charge is 2.45. The molecule has 0 aliphatic carbocycles. The molecule has 1 saturated heterocycles. The molecular formula is C26H26N4O6. The number of imidazole rings is 1. The van der Waals surface area contributed by atoms with Gasteiger partial charge in [0.25, 0.3) is 17.4 Å². The summed E-state index contributed by atoms with van der Waals surface area (Å²) in [5, 5.41) is 22.3. The molecule has 1 aliphatic rings. The van der Waals surface area contributed by atoms with Crippen LogP contribution < -0.4 is 4.74 Å². The molecule has 0 saturated carbocycles. The number of hydrogen-bond acceptors (Lipinski definition) is 7. The highest BCUT2D eigenvalue weighted by atomic mass is 16.6. The van der Waals surface area contributed by atoms with Crippen LogP contribution in [-0.4, -0.2) is 48.8 Å². The fraction of sp³-hybridized carbons (Fsp3) is 0.269. The molecule has 1 amide bonds. The zero-order chi connectivity index (χ0) is 25.8. The molecule has 10 heteroatoms. The number of ether oxygens (including phenoxy) is 1. The van der Waals surface area contributed by atoms with E-state index < -0.39 is 22.7 Å². The molecule has 0 spiro atoms. The molecule has 1 aromatic heterocycles. The smallest absolute Gasteiger partial charge is 0.295 e. The van der Waals surface area contributed by atoms with Gasteiger partial charge in [0.05, 0.1) is 29.0 Å². The zero-order valence-electron chi connectivity index (χ0n) is 19.9. The quantitative estimate of drug-likeness (QED) is 0.157. The van der Waals surface area contributed by atoms with Crippen LogP contribution in [0.15, 0.2) is 72.8 Å².